The van der Waals surface area contributed by atoms with E-state index in [1.165, 1.54) is 0 Å². The number of anilines is 1. The molecule has 0 spiro atoms. The van der Waals surface area contributed by atoms with Gasteiger partial charge in [-0.15, -0.1) is 0 Å². The summed E-state index contributed by atoms with van der Waals surface area (Å²) in [4.78, 5) is 15.1. The second-order valence-electron chi connectivity index (χ2n) is 6.86. The summed E-state index contributed by atoms with van der Waals surface area (Å²) in [5, 5.41) is 3.83. The fourth-order valence-corrected chi connectivity index (χ4v) is 3.63. The van der Waals surface area contributed by atoms with E-state index < -0.39 is 0 Å². The van der Waals surface area contributed by atoms with Gasteiger partial charge in [0.25, 0.3) is 0 Å². The molecule has 4 nitrogen and oxygen atoms in total. The van der Waals surface area contributed by atoms with Crippen molar-refractivity contribution in [2.45, 2.75) is 26.3 Å². The number of ether oxygens (including phenoxy) is 1. The highest BCUT2D eigenvalue weighted by Crippen LogP contribution is 2.27. The number of hydrogen-bond acceptors (Lipinski definition) is 3. The largest absolute Gasteiger partial charge is 0.495 e. The molecular formula is C21H25ClN2O2. The van der Waals surface area contributed by atoms with Crippen molar-refractivity contribution in [3.8, 4) is 5.75 Å². The Labute approximate surface area is 160 Å². The molecule has 26 heavy (non-hydrogen) atoms. The molecule has 1 atom stereocenters. The van der Waals surface area contributed by atoms with E-state index in [0.29, 0.717) is 5.75 Å². The first-order chi connectivity index (χ1) is 12.6. The van der Waals surface area contributed by atoms with E-state index in [9.17, 15) is 4.79 Å². The van der Waals surface area contributed by atoms with Crippen LogP contribution in [0.1, 0.15) is 24.0 Å². The Balaban J connectivity index is 1.65. The predicted molar refractivity (Wildman–Crippen MR) is 106 cm³/mol. The third-order valence-electron chi connectivity index (χ3n) is 4.84. The Morgan fingerprint density at radius 1 is 1.31 bits per heavy atom. The minimum absolute atomic E-state index is 0.0311. The number of benzene rings is 2. The lowest BCUT2D eigenvalue weighted by Crippen LogP contribution is -2.40. The lowest BCUT2D eigenvalue weighted by molar-refractivity contribution is -0.121. The van der Waals surface area contributed by atoms with E-state index in [1.807, 2.05) is 49.4 Å². The van der Waals surface area contributed by atoms with Crippen LogP contribution in [0.5, 0.6) is 5.75 Å². The number of nitrogens with one attached hydrogen (secondary N) is 1. The van der Waals surface area contributed by atoms with Crippen LogP contribution >= 0.6 is 11.6 Å². The molecule has 1 N–H and O–H groups in total. The molecule has 1 fully saturated rings. The monoisotopic (exact) mass is 372 g/mol. The molecule has 138 valence electrons. The molecule has 0 aliphatic carbocycles. The molecule has 1 heterocycles. The average Bonchev–Trinajstić information content (AvgIpc) is 2.64. The molecule has 2 aromatic rings. The summed E-state index contributed by atoms with van der Waals surface area (Å²) >= 11 is 6.28. The summed E-state index contributed by atoms with van der Waals surface area (Å²) in [5.74, 6) is 0.710. The lowest BCUT2D eigenvalue weighted by atomic mass is 9.96. The molecule has 1 aliphatic rings. The van der Waals surface area contributed by atoms with E-state index in [0.717, 1.165) is 54.3 Å². The summed E-state index contributed by atoms with van der Waals surface area (Å²) in [5.41, 5.74) is 2.93. The molecule has 5 heteroatoms. The minimum Gasteiger partial charge on any atom is -0.495 e. The number of rotatable bonds is 5. The zero-order chi connectivity index (χ0) is 18.5. The minimum atomic E-state index is -0.0311. The fraction of sp³-hybridized carbons (Fsp3) is 0.381. The normalized spacial score (nSPS) is 17.7. The summed E-state index contributed by atoms with van der Waals surface area (Å²) < 4.78 is 5.36. The number of amides is 1. The van der Waals surface area contributed by atoms with Gasteiger partial charge in [-0.2, -0.15) is 0 Å². The molecule has 0 radical (unpaired) electrons. The van der Waals surface area contributed by atoms with Gasteiger partial charge in [-0.1, -0.05) is 35.9 Å². The number of hydrogen-bond donors (Lipinski definition) is 1. The Morgan fingerprint density at radius 2 is 2.12 bits per heavy atom. The van der Waals surface area contributed by atoms with E-state index >= 15 is 0 Å². The van der Waals surface area contributed by atoms with Crippen molar-refractivity contribution >= 4 is 23.2 Å². The summed E-state index contributed by atoms with van der Waals surface area (Å²) in [6.07, 6.45) is 1.91. The maximum Gasteiger partial charge on any atom is 0.228 e. The van der Waals surface area contributed by atoms with Crippen LogP contribution in [0, 0.1) is 12.8 Å². The van der Waals surface area contributed by atoms with Gasteiger partial charge in [-0.3, -0.25) is 9.69 Å². The zero-order valence-electron chi connectivity index (χ0n) is 15.3. The molecule has 0 aromatic heterocycles. The topological polar surface area (TPSA) is 41.6 Å². The molecule has 1 amide bonds. The quantitative estimate of drug-likeness (QED) is 0.839. The van der Waals surface area contributed by atoms with Crippen molar-refractivity contribution in [2.24, 2.45) is 5.92 Å². The zero-order valence-corrected chi connectivity index (χ0v) is 16.1. The summed E-state index contributed by atoms with van der Waals surface area (Å²) in [6, 6.07) is 13.7. The third-order valence-corrected chi connectivity index (χ3v) is 5.21. The SMILES string of the molecule is COc1ccc(C)cc1NC(=O)[C@@H]1CCCN(Cc2ccccc2Cl)C1. The Hall–Kier alpha value is -2.04. The number of carbonyl (C=O) groups excluding carboxylic acids is 1. The maximum absolute atomic E-state index is 12.8. The summed E-state index contributed by atoms with van der Waals surface area (Å²) in [6.45, 7) is 4.51. The van der Waals surface area contributed by atoms with Gasteiger partial charge in [-0.25, -0.2) is 0 Å². The first-order valence-corrected chi connectivity index (χ1v) is 9.36. The maximum atomic E-state index is 12.8. The first-order valence-electron chi connectivity index (χ1n) is 8.98. The molecular weight excluding hydrogens is 348 g/mol. The van der Waals surface area contributed by atoms with Gasteiger partial charge in [-0.05, 0) is 55.6 Å². The van der Waals surface area contributed by atoms with Crippen LogP contribution < -0.4 is 10.1 Å². The van der Waals surface area contributed by atoms with Crippen molar-refractivity contribution < 1.29 is 9.53 Å². The molecule has 0 bridgehead atoms. The van der Waals surface area contributed by atoms with Crippen LogP contribution in [0.25, 0.3) is 0 Å². The van der Waals surface area contributed by atoms with Crippen LogP contribution in [0.2, 0.25) is 5.02 Å². The smallest absolute Gasteiger partial charge is 0.228 e. The number of nitrogens with zero attached hydrogens (tertiary/aromatic N) is 1. The van der Waals surface area contributed by atoms with Crippen molar-refractivity contribution in [1.29, 1.82) is 0 Å². The van der Waals surface area contributed by atoms with Gasteiger partial charge < -0.3 is 10.1 Å². The van der Waals surface area contributed by atoms with Gasteiger partial charge in [0.15, 0.2) is 0 Å². The molecule has 0 saturated carbocycles. The lowest BCUT2D eigenvalue weighted by Gasteiger charge is -2.32. The third kappa shape index (κ3) is 4.57. The second kappa shape index (κ2) is 8.56. The van der Waals surface area contributed by atoms with Crippen LogP contribution in [0.3, 0.4) is 0 Å². The van der Waals surface area contributed by atoms with Crippen molar-refractivity contribution in [2.75, 3.05) is 25.5 Å². The first kappa shape index (κ1) is 18.7. The highest BCUT2D eigenvalue weighted by atomic mass is 35.5. The Morgan fingerprint density at radius 3 is 2.88 bits per heavy atom. The Kier molecular flexibility index (Phi) is 6.17. The number of aryl methyl sites for hydroxylation is 1. The van der Waals surface area contributed by atoms with E-state index in [-0.39, 0.29) is 11.8 Å². The van der Waals surface area contributed by atoms with Gasteiger partial charge >= 0.3 is 0 Å². The van der Waals surface area contributed by atoms with Gasteiger partial charge in [0.1, 0.15) is 5.75 Å². The number of piperidine rings is 1. The summed E-state index contributed by atoms with van der Waals surface area (Å²) in [7, 11) is 1.62. The molecule has 0 unspecified atom stereocenters. The highest BCUT2D eigenvalue weighted by Gasteiger charge is 2.26. The number of methoxy groups -OCH3 is 1. The second-order valence-corrected chi connectivity index (χ2v) is 7.27. The number of likely N-dealkylation sites (tertiary alicyclic amines) is 1. The molecule has 2 aromatic carbocycles. The fourth-order valence-electron chi connectivity index (χ4n) is 3.43. The van der Waals surface area contributed by atoms with Gasteiger partial charge in [0, 0.05) is 18.1 Å². The van der Waals surface area contributed by atoms with Crippen LogP contribution in [-0.2, 0) is 11.3 Å². The van der Waals surface area contributed by atoms with Crippen molar-refractivity contribution in [3.05, 3.63) is 58.6 Å². The average molecular weight is 373 g/mol. The molecule has 3 rings (SSSR count). The van der Waals surface area contributed by atoms with E-state index in [4.69, 9.17) is 16.3 Å². The van der Waals surface area contributed by atoms with Crippen molar-refractivity contribution in [3.63, 3.8) is 0 Å². The van der Waals surface area contributed by atoms with E-state index in [1.54, 1.807) is 7.11 Å². The van der Waals surface area contributed by atoms with Crippen molar-refractivity contribution in [1.82, 2.24) is 4.90 Å². The van der Waals surface area contributed by atoms with Crippen LogP contribution in [0.4, 0.5) is 5.69 Å². The van der Waals surface area contributed by atoms with E-state index in [2.05, 4.69) is 10.2 Å². The number of halogens is 1. The van der Waals surface area contributed by atoms with Gasteiger partial charge in [0.05, 0.1) is 18.7 Å². The molecule has 1 saturated heterocycles. The van der Waals surface area contributed by atoms with Crippen LogP contribution in [-0.4, -0.2) is 31.0 Å². The Bertz CT molecular complexity index is 778. The van der Waals surface area contributed by atoms with Crippen LogP contribution in [0.15, 0.2) is 42.5 Å². The highest BCUT2D eigenvalue weighted by molar-refractivity contribution is 6.31. The van der Waals surface area contributed by atoms with Gasteiger partial charge in [0.2, 0.25) is 5.91 Å². The number of carbonyl (C=O) groups is 1. The predicted octanol–water partition coefficient (Wildman–Crippen LogP) is 4.51. The molecule has 1 aliphatic heterocycles. The standard InChI is InChI=1S/C21H25ClN2O2/c1-15-9-10-20(26-2)19(12-15)23-21(25)17-7-5-11-24(14-17)13-16-6-3-4-8-18(16)22/h3-4,6,8-10,12,17H,5,7,11,13-14H2,1-2H3,(H,23,25)/t17-/m1/s1.